The van der Waals surface area contributed by atoms with Gasteiger partial charge in [0, 0.05) is 13.0 Å². The van der Waals surface area contributed by atoms with Crippen molar-refractivity contribution in [2.24, 2.45) is 0 Å². The van der Waals surface area contributed by atoms with Crippen molar-refractivity contribution < 1.29 is 9.18 Å². The maximum Gasteiger partial charge on any atom is 0.244 e. The first-order chi connectivity index (χ1) is 10.2. The topological polar surface area (TPSA) is 59.0 Å². The number of carbonyl (C=O) groups excluding carboxylic acids is 1. The van der Waals surface area contributed by atoms with Crippen LogP contribution < -0.4 is 10.6 Å². The average molecular weight is 288 g/mol. The Balaban J connectivity index is 1.60. The van der Waals surface area contributed by atoms with Gasteiger partial charge in [-0.3, -0.25) is 4.79 Å². The van der Waals surface area contributed by atoms with Gasteiger partial charge in [0.15, 0.2) is 0 Å². The van der Waals surface area contributed by atoms with Crippen LogP contribution in [0, 0.1) is 5.82 Å². The van der Waals surface area contributed by atoms with E-state index in [-0.39, 0.29) is 18.3 Å². The maximum absolute atomic E-state index is 13.4. The van der Waals surface area contributed by atoms with Crippen LogP contribution in [0.1, 0.15) is 18.7 Å². The van der Waals surface area contributed by atoms with E-state index >= 15 is 0 Å². The minimum absolute atomic E-state index is 0.0153. The van der Waals surface area contributed by atoms with Crippen LogP contribution >= 0.6 is 0 Å². The van der Waals surface area contributed by atoms with Crippen molar-refractivity contribution in [3.63, 3.8) is 0 Å². The summed E-state index contributed by atoms with van der Waals surface area (Å²) >= 11 is 0. The second-order valence-electron chi connectivity index (χ2n) is 5.05. The molecule has 0 spiro atoms. The van der Waals surface area contributed by atoms with Crippen molar-refractivity contribution in [2.45, 2.75) is 25.8 Å². The van der Waals surface area contributed by atoms with Gasteiger partial charge in [0.2, 0.25) is 5.91 Å². The second kappa shape index (κ2) is 5.95. The number of rotatable bonds is 4. The summed E-state index contributed by atoms with van der Waals surface area (Å²) < 4.78 is 15.5. The van der Waals surface area contributed by atoms with E-state index in [0.717, 1.165) is 31.6 Å². The number of carbonyl (C=O) groups is 1. The number of amides is 1. The number of aryl methyl sites for hydroxylation is 1. The molecule has 5 nitrogen and oxygen atoms in total. The van der Waals surface area contributed by atoms with Crippen molar-refractivity contribution in [3.05, 3.63) is 42.1 Å². The van der Waals surface area contributed by atoms with Crippen LogP contribution in [0.4, 0.5) is 15.9 Å². The molecule has 0 radical (unpaired) electrons. The lowest BCUT2D eigenvalue weighted by Crippen LogP contribution is -2.24. The van der Waals surface area contributed by atoms with Crippen LogP contribution in [0.15, 0.2) is 30.5 Å². The van der Waals surface area contributed by atoms with Crippen molar-refractivity contribution in [3.8, 4) is 0 Å². The van der Waals surface area contributed by atoms with Crippen LogP contribution in [-0.2, 0) is 17.8 Å². The normalized spacial score (nSPS) is 13.6. The Morgan fingerprint density at radius 2 is 2.19 bits per heavy atom. The third-order valence-corrected chi connectivity index (χ3v) is 3.55. The standard InChI is InChI=1S/C15H17FN4O/c16-11-5-1-2-6-12(11)17-10-15(21)19-14-9-18-13-7-3-4-8-20(13)14/h1-2,5-6,9,17H,3-4,7-8,10H2,(H,19,21). The van der Waals surface area contributed by atoms with Gasteiger partial charge in [-0.1, -0.05) is 12.1 Å². The lowest BCUT2D eigenvalue weighted by Gasteiger charge is -2.16. The first kappa shape index (κ1) is 13.6. The fraction of sp³-hybridized carbons (Fsp3) is 0.333. The molecule has 2 heterocycles. The molecule has 1 aliphatic heterocycles. The van der Waals surface area contributed by atoms with E-state index in [0.29, 0.717) is 11.5 Å². The van der Waals surface area contributed by atoms with E-state index in [4.69, 9.17) is 0 Å². The number of para-hydroxylation sites is 1. The Morgan fingerprint density at radius 1 is 1.33 bits per heavy atom. The number of nitrogens with zero attached hydrogens (tertiary/aromatic N) is 2. The predicted octanol–water partition coefficient (Wildman–Crippen LogP) is 2.41. The summed E-state index contributed by atoms with van der Waals surface area (Å²) in [5.41, 5.74) is 0.322. The number of imidazole rings is 1. The number of fused-ring (bicyclic) bond motifs is 1. The molecule has 0 saturated heterocycles. The summed E-state index contributed by atoms with van der Waals surface area (Å²) in [5.74, 6) is 1.14. The number of hydrogen-bond acceptors (Lipinski definition) is 3. The van der Waals surface area contributed by atoms with Gasteiger partial charge >= 0.3 is 0 Å². The lowest BCUT2D eigenvalue weighted by molar-refractivity contribution is -0.114. The van der Waals surface area contributed by atoms with Crippen LogP contribution in [0.2, 0.25) is 0 Å². The van der Waals surface area contributed by atoms with Gasteiger partial charge in [-0.05, 0) is 25.0 Å². The molecule has 110 valence electrons. The van der Waals surface area contributed by atoms with E-state index in [1.807, 2.05) is 4.57 Å². The molecular weight excluding hydrogens is 271 g/mol. The predicted molar refractivity (Wildman–Crippen MR) is 78.7 cm³/mol. The summed E-state index contributed by atoms with van der Waals surface area (Å²) in [6, 6.07) is 6.28. The number of halogens is 1. The van der Waals surface area contributed by atoms with Crippen molar-refractivity contribution in [2.75, 3.05) is 17.2 Å². The highest BCUT2D eigenvalue weighted by Crippen LogP contribution is 2.19. The van der Waals surface area contributed by atoms with Crippen molar-refractivity contribution >= 4 is 17.4 Å². The third-order valence-electron chi connectivity index (χ3n) is 3.55. The number of nitrogens with one attached hydrogen (secondary N) is 2. The Bertz CT molecular complexity index is 653. The summed E-state index contributed by atoms with van der Waals surface area (Å²) in [7, 11) is 0. The van der Waals surface area contributed by atoms with Crippen LogP contribution in [-0.4, -0.2) is 22.0 Å². The van der Waals surface area contributed by atoms with Gasteiger partial charge in [-0.15, -0.1) is 0 Å². The zero-order valence-electron chi connectivity index (χ0n) is 11.6. The van der Waals surface area contributed by atoms with E-state index in [9.17, 15) is 9.18 Å². The minimum atomic E-state index is -0.368. The van der Waals surface area contributed by atoms with E-state index in [2.05, 4.69) is 15.6 Å². The van der Waals surface area contributed by atoms with Gasteiger partial charge in [0.25, 0.3) is 0 Å². The molecule has 3 rings (SSSR count). The smallest absolute Gasteiger partial charge is 0.244 e. The number of hydrogen-bond donors (Lipinski definition) is 2. The Labute approximate surface area is 122 Å². The first-order valence-corrected chi connectivity index (χ1v) is 7.07. The molecule has 1 aliphatic rings. The largest absolute Gasteiger partial charge is 0.374 e. The van der Waals surface area contributed by atoms with Gasteiger partial charge in [-0.25, -0.2) is 9.37 Å². The van der Waals surface area contributed by atoms with E-state index in [1.54, 1.807) is 24.4 Å². The molecule has 0 saturated carbocycles. The molecule has 2 aromatic rings. The van der Waals surface area contributed by atoms with Crippen LogP contribution in [0.3, 0.4) is 0 Å². The fourth-order valence-corrected chi connectivity index (χ4v) is 2.48. The lowest BCUT2D eigenvalue weighted by atomic mass is 10.2. The highest BCUT2D eigenvalue weighted by atomic mass is 19.1. The Kier molecular flexibility index (Phi) is 3.85. The number of anilines is 2. The quantitative estimate of drug-likeness (QED) is 0.908. The molecule has 0 bridgehead atoms. The van der Waals surface area contributed by atoms with Gasteiger partial charge in [0.1, 0.15) is 17.5 Å². The van der Waals surface area contributed by atoms with Gasteiger partial charge in [-0.2, -0.15) is 0 Å². The second-order valence-corrected chi connectivity index (χ2v) is 5.05. The molecule has 0 fully saturated rings. The molecular formula is C15H17FN4O. The van der Waals surface area contributed by atoms with Crippen LogP contribution in [0.25, 0.3) is 0 Å². The summed E-state index contributed by atoms with van der Waals surface area (Å²) in [4.78, 5) is 16.3. The number of aromatic nitrogens is 2. The maximum atomic E-state index is 13.4. The molecule has 0 atom stereocenters. The molecule has 21 heavy (non-hydrogen) atoms. The van der Waals surface area contributed by atoms with Gasteiger partial charge in [0.05, 0.1) is 18.4 Å². The summed E-state index contributed by atoms with van der Waals surface area (Å²) in [6.07, 6.45) is 4.87. The number of benzene rings is 1. The average Bonchev–Trinajstić information content (AvgIpc) is 2.90. The summed E-state index contributed by atoms with van der Waals surface area (Å²) in [6.45, 7) is 0.896. The zero-order chi connectivity index (χ0) is 14.7. The zero-order valence-corrected chi connectivity index (χ0v) is 11.6. The highest BCUT2D eigenvalue weighted by Gasteiger charge is 2.15. The van der Waals surface area contributed by atoms with Crippen LogP contribution in [0.5, 0.6) is 0 Å². The van der Waals surface area contributed by atoms with Crippen molar-refractivity contribution in [1.29, 1.82) is 0 Å². The first-order valence-electron chi connectivity index (χ1n) is 7.07. The minimum Gasteiger partial charge on any atom is -0.374 e. The molecule has 1 amide bonds. The molecule has 6 heteroatoms. The van der Waals surface area contributed by atoms with Crippen molar-refractivity contribution in [1.82, 2.24) is 9.55 Å². The fourth-order valence-electron chi connectivity index (χ4n) is 2.48. The Hall–Kier alpha value is -2.37. The van der Waals surface area contributed by atoms with Gasteiger partial charge < -0.3 is 15.2 Å². The molecule has 2 N–H and O–H groups in total. The molecule has 0 aliphatic carbocycles. The molecule has 1 aromatic carbocycles. The van der Waals surface area contributed by atoms with E-state index < -0.39 is 0 Å². The molecule has 1 aromatic heterocycles. The van der Waals surface area contributed by atoms with E-state index in [1.165, 1.54) is 6.07 Å². The highest BCUT2D eigenvalue weighted by molar-refractivity contribution is 5.93. The summed E-state index contributed by atoms with van der Waals surface area (Å²) in [5, 5.41) is 5.60. The SMILES string of the molecule is O=C(CNc1ccccc1F)Nc1cnc2n1CCCC2. The third kappa shape index (κ3) is 3.04. The monoisotopic (exact) mass is 288 g/mol. The molecule has 0 unspecified atom stereocenters. The Morgan fingerprint density at radius 3 is 3.05 bits per heavy atom.